The van der Waals surface area contributed by atoms with Crippen LogP contribution >= 0.6 is 11.6 Å². The van der Waals surface area contributed by atoms with Crippen LogP contribution in [-0.4, -0.2) is 24.7 Å². The first-order valence-electron chi connectivity index (χ1n) is 10.8. The molecule has 0 amide bonds. The number of nitriles is 1. The lowest BCUT2D eigenvalue weighted by atomic mass is 10.1. The summed E-state index contributed by atoms with van der Waals surface area (Å²) in [6.45, 7) is 0.292. The number of aliphatic imine (C=N–C) groups is 1. The van der Waals surface area contributed by atoms with Crippen molar-refractivity contribution in [2.75, 3.05) is 10.1 Å². The zero-order chi connectivity index (χ0) is 25.4. The van der Waals surface area contributed by atoms with E-state index in [0.29, 0.717) is 28.6 Å². The van der Waals surface area contributed by atoms with Crippen LogP contribution in [0.3, 0.4) is 0 Å². The highest BCUT2D eigenvalue weighted by Crippen LogP contribution is 2.28. The van der Waals surface area contributed by atoms with Gasteiger partial charge in [0.15, 0.2) is 0 Å². The second-order valence-corrected chi connectivity index (χ2v) is 9.61. The van der Waals surface area contributed by atoms with Gasteiger partial charge in [-0.3, -0.25) is 15.1 Å². The molecule has 0 aliphatic heterocycles. The van der Waals surface area contributed by atoms with Crippen molar-refractivity contribution in [1.29, 1.82) is 5.26 Å². The van der Waals surface area contributed by atoms with Gasteiger partial charge >= 0.3 is 0 Å². The summed E-state index contributed by atoms with van der Waals surface area (Å²) in [5.74, 6) is 0. The Hall–Kier alpha value is -4.39. The summed E-state index contributed by atoms with van der Waals surface area (Å²) in [7, 11) is -3.81. The average molecular weight is 517 g/mol. The van der Waals surface area contributed by atoms with Crippen molar-refractivity contribution in [2.45, 2.75) is 11.4 Å². The predicted molar refractivity (Wildman–Crippen MR) is 142 cm³/mol. The zero-order valence-electron chi connectivity index (χ0n) is 18.9. The molecule has 0 atom stereocenters. The average Bonchev–Trinajstić information content (AvgIpc) is 2.89. The van der Waals surface area contributed by atoms with E-state index in [1.165, 1.54) is 12.5 Å². The van der Waals surface area contributed by atoms with Crippen molar-refractivity contribution >= 4 is 39.3 Å². The van der Waals surface area contributed by atoms with Crippen LogP contribution in [0.1, 0.15) is 5.56 Å². The van der Waals surface area contributed by atoms with Crippen molar-refractivity contribution < 1.29 is 8.42 Å². The van der Waals surface area contributed by atoms with Crippen LogP contribution in [-0.2, 0) is 16.6 Å². The molecule has 0 spiro atoms. The van der Waals surface area contributed by atoms with E-state index >= 15 is 0 Å². The van der Waals surface area contributed by atoms with Gasteiger partial charge < -0.3 is 0 Å². The fraction of sp³-hybridized carbons (Fsp3) is 0.0385. The number of hydrogen-bond acceptors (Lipinski definition) is 6. The quantitative estimate of drug-likeness (QED) is 0.0754. The molecule has 0 bridgehead atoms. The normalized spacial score (nSPS) is 11.1. The number of sulfonamides is 1. The largest absolute Gasteiger partial charge is 0.284 e. The number of nitrogens with zero attached hydrogens (tertiary/aromatic N) is 4. The van der Waals surface area contributed by atoms with Gasteiger partial charge in [0, 0.05) is 23.5 Å². The highest BCUT2D eigenvalue weighted by atomic mass is 35.5. The number of hydrazine groups is 1. The molecular weight excluding hydrogens is 496 g/mol. The maximum absolute atomic E-state index is 13.1. The number of halogens is 1. The molecule has 0 aliphatic rings. The lowest BCUT2D eigenvalue weighted by Crippen LogP contribution is -2.23. The summed E-state index contributed by atoms with van der Waals surface area (Å²) in [5, 5.41) is 10.7. The second-order valence-electron chi connectivity index (χ2n) is 7.57. The summed E-state index contributed by atoms with van der Waals surface area (Å²) >= 11 is 5.85. The van der Waals surface area contributed by atoms with Gasteiger partial charge in [-0.15, -0.1) is 0 Å². The molecule has 10 heteroatoms. The minimum Gasteiger partial charge on any atom is -0.284 e. The molecule has 0 saturated carbocycles. The van der Waals surface area contributed by atoms with Crippen LogP contribution in [0.25, 0.3) is 11.1 Å². The predicted octanol–water partition coefficient (Wildman–Crippen LogP) is 5.54. The molecule has 0 unspecified atom stereocenters. The van der Waals surface area contributed by atoms with Crippen molar-refractivity contribution in [2.24, 2.45) is 4.99 Å². The Kier molecular flexibility index (Phi) is 7.80. The maximum atomic E-state index is 13.1. The Bertz CT molecular complexity index is 1500. The topological polar surface area (TPSA) is 110 Å². The van der Waals surface area contributed by atoms with E-state index in [9.17, 15) is 13.7 Å². The second kappa shape index (κ2) is 11.4. The van der Waals surface area contributed by atoms with Crippen LogP contribution in [0.2, 0.25) is 5.15 Å². The third-order valence-electron chi connectivity index (χ3n) is 5.02. The molecule has 8 nitrogen and oxygen atoms in total. The Morgan fingerprint density at radius 2 is 1.69 bits per heavy atom. The van der Waals surface area contributed by atoms with E-state index < -0.39 is 10.0 Å². The third kappa shape index (κ3) is 6.39. The number of rotatable bonds is 9. The van der Waals surface area contributed by atoms with Crippen molar-refractivity contribution in [1.82, 2.24) is 9.99 Å². The fourth-order valence-electron chi connectivity index (χ4n) is 3.36. The molecule has 4 aromatic rings. The number of nitrogens with one attached hydrogen (secondary N) is 2. The summed E-state index contributed by atoms with van der Waals surface area (Å²) in [5.41, 5.74) is 6.15. The molecule has 2 N–H and O–H groups in total. The van der Waals surface area contributed by atoms with Crippen LogP contribution in [0.4, 0.5) is 11.4 Å². The number of anilines is 2. The molecule has 0 fully saturated rings. The van der Waals surface area contributed by atoms with Gasteiger partial charge in [-0.1, -0.05) is 72.3 Å². The summed E-state index contributed by atoms with van der Waals surface area (Å²) in [6.07, 6.45) is 4.83. The van der Waals surface area contributed by atoms with E-state index in [1.807, 2.05) is 42.6 Å². The molecule has 0 saturated heterocycles. The van der Waals surface area contributed by atoms with E-state index in [2.05, 4.69) is 20.1 Å². The van der Waals surface area contributed by atoms with Crippen LogP contribution < -0.4 is 10.1 Å². The van der Waals surface area contributed by atoms with Crippen molar-refractivity contribution in [3.63, 3.8) is 0 Å². The molecule has 1 aromatic heterocycles. The minimum absolute atomic E-state index is 0.199. The number of pyridine rings is 1. The first-order valence-corrected chi connectivity index (χ1v) is 12.6. The van der Waals surface area contributed by atoms with E-state index in [1.54, 1.807) is 54.6 Å². The Morgan fingerprint density at radius 1 is 0.972 bits per heavy atom. The highest BCUT2D eigenvalue weighted by molar-refractivity contribution is 7.92. The first-order chi connectivity index (χ1) is 17.4. The number of benzene rings is 3. The molecule has 3 aromatic carbocycles. The van der Waals surface area contributed by atoms with E-state index in [0.717, 1.165) is 16.1 Å². The molecular formula is C26H21ClN6O2S. The molecule has 1 heterocycles. The molecule has 0 aliphatic carbocycles. The highest BCUT2D eigenvalue weighted by Gasteiger charge is 2.19. The number of aromatic nitrogens is 1. The summed E-state index contributed by atoms with van der Waals surface area (Å²) in [6, 6.07) is 26.4. The zero-order valence-corrected chi connectivity index (χ0v) is 20.5. The van der Waals surface area contributed by atoms with Gasteiger partial charge in [0.2, 0.25) is 6.19 Å². The third-order valence-corrected chi connectivity index (χ3v) is 6.67. The molecule has 36 heavy (non-hydrogen) atoms. The Labute approximate surface area is 214 Å². The van der Waals surface area contributed by atoms with E-state index in [4.69, 9.17) is 11.6 Å². The van der Waals surface area contributed by atoms with Crippen LogP contribution in [0.5, 0.6) is 0 Å². The van der Waals surface area contributed by atoms with Crippen molar-refractivity contribution in [3.8, 4) is 17.3 Å². The smallest absolute Gasteiger partial charge is 0.262 e. The standard InChI is InChI=1S/C26H21ClN6O2S/c27-26-16-23(14-15-30-26)31-33(18-28)19-29-17-20-10-12-22(13-11-20)32-36(34,35)25-9-5-4-8-24(25)21-6-2-1-3-7-21/h1-16,19,32H,17H2,(H,30,31)/b29-19-. The Balaban J connectivity index is 1.41. The van der Waals surface area contributed by atoms with Crippen LogP contribution in [0, 0.1) is 11.5 Å². The summed E-state index contributed by atoms with van der Waals surface area (Å²) in [4.78, 5) is 8.34. The van der Waals surface area contributed by atoms with Gasteiger partial charge in [0.1, 0.15) is 11.5 Å². The summed E-state index contributed by atoms with van der Waals surface area (Å²) < 4.78 is 28.9. The lowest BCUT2D eigenvalue weighted by molar-refractivity contribution is 0.601. The number of hydrogen-bond donors (Lipinski definition) is 2. The Morgan fingerprint density at radius 3 is 2.42 bits per heavy atom. The fourth-order valence-corrected chi connectivity index (χ4v) is 4.83. The van der Waals surface area contributed by atoms with Gasteiger partial charge in [-0.2, -0.15) is 10.3 Å². The molecule has 180 valence electrons. The van der Waals surface area contributed by atoms with Gasteiger partial charge in [0.25, 0.3) is 10.0 Å². The minimum atomic E-state index is -3.81. The SMILES string of the molecule is N#CN(/C=N\Cc1ccc(NS(=O)(=O)c2ccccc2-c2ccccc2)cc1)Nc1ccnc(Cl)c1. The van der Waals surface area contributed by atoms with Crippen LogP contribution in [0.15, 0.2) is 107 Å². The molecule has 4 rings (SSSR count). The van der Waals surface area contributed by atoms with Crippen molar-refractivity contribution in [3.05, 3.63) is 108 Å². The maximum Gasteiger partial charge on any atom is 0.262 e. The monoisotopic (exact) mass is 516 g/mol. The first kappa shape index (κ1) is 24.7. The van der Waals surface area contributed by atoms with E-state index in [-0.39, 0.29) is 4.90 Å². The lowest BCUT2D eigenvalue weighted by Gasteiger charge is -2.13. The molecule has 0 radical (unpaired) electrons. The van der Waals surface area contributed by atoms with Gasteiger partial charge in [-0.25, -0.2) is 13.4 Å². The van der Waals surface area contributed by atoms with Gasteiger partial charge in [-0.05, 0) is 35.4 Å². The van der Waals surface area contributed by atoms with Gasteiger partial charge in [0.05, 0.1) is 17.1 Å².